The van der Waals surface area contributed by atoms with Gasteiger partial charge in [0.15, 0.2) is 0 Å². The second kappa shape index (κ2) is 9.15. The first kappa shape index (κ1) is 18.1. The highest BCUT2D eigenvalue weighted by molar-refractivity contribution is 6.32. The van der Waals surface area contributed by atoms with Crippen LogP contribution in [0.2, 0.25) is 5.02 Å². The zero-order valence-electron chi connectivity index (χ0n) is 12.7. The molecule has 8 heteroatoms. The van der Waals surface area contributed by atoms with Crippen LogP contribution in [0.4, 0.5) is 11.4 Å². The molecule has 1 aromatic carbocycles. The Hall–Kier alpha value is -1.24. The van der Waals surface area contributed by atoms with E-state index in [2.05, 4.69) is 5.32 Å². The lowest BCUT2D eigenvalue weighted by Gasteiger charge is -2.22. The van der Waals surface area contributed by atoms with Gasteiger partial charge in [-0.15, -0.1) is 11.6 Å². The zero-order valence-corrected chi connectivity index (χ0v) is 14.2. The normalized spacial score (nSPS) is 15.4. The van der Waals surface area contributed by atoms with Gasteiger partial charge in [0.05, 0.1) is 16.6 Å². The van der Waals surface area contributed by atoms with Gasteiger partial charge >= 0.3 is 0 Å². The summed E-state index contributed by atoms with van der Waals surface area (Å²) in [7, 11) is 0. The first-order chi connectivity index (χ1) is 11.1. The van der Waals surface area contributed by atoms with Crippen LogP contribution < -0.4 is 10.1 Å². The predicted octanol–water partition coefficient (Wildman–Crippen LogP) is 4.09. The summed E-state index contributed by atoms with van der Waals surface area (Å²) in [6, 6.07) is 2.91. The van der Waals surface area contributed by atoms with Crippen molar-refractivity contribution < 1.29 is 14.4 Å². The van der Waals surface area contributed by atoms with Gasteiger partial charge < -0.3 is 14.8 Å². The molecule has 1 saturated heterocycles. The second-order valence-electron chi connectivity index (χ2n) is 5.38. The highest BCUT2D eigenvalue weighted by Gasteiger charge is 2.20. The van der Waals surface area contributed by atoms with Crippen LogP contribution in [0.5, 0.6) is 5.75 Å². The molecule has 1 N–H and O–H groups in total. The first-order valence-corrected chi connectivity index (χ1v) is 8.51. The molecule has 0 bridgehead atoms. The molecule has 1 aliphatic rings. The van der Waals surface area contributed by atoms with Crippen molar-refractivity contribution in [3.63, 3.8) is 0 Å². The molecular formula is C15H20Cl2N2O4. The Bertz CT molecular complexity index is 536. The molecular weight excluding hydrogens is 343 g/mol. The maximum absolute atomic E-state index is 11.2. The van der Waals surface area contributed by atoms with Crippen LogP contribution in [0.1, 0.15) is 19.3 Å². The fraction of sp³-hybridized carbons (Fsp3) is 0.600. The molecule has 2 rings (SSSR count). The number of nitro groups is 1. The summed E-state index contributed by atoms with van der Waals surface area (Å²) >= 11 is 11.7. The van der Waals surface area contributed by atoms with E-state index in [9.17, 15) is 10.1 Å². The van der Waals surface area contributed by atoms with Gasteiger partial charge in [0, 0.05) is 37.8 Å². The Morgan fingerprint density at radius 2 is 2.13 bits per heavy atom. The molecule has 0 atom stereocenters. The van der Waals surface area contributed by atoms with Gasteiger partial charge in [-0.25, -0.2) is 0 Å². The fourth-order valence-electron chi connectivity index (χ4n) is 2.39. The number of nitrogens with one attached hydrogen (secondary N) is 1. The summed E-state index contributed by atoms with van der Waals surface area (Å²) in [6.45, 7) is 2.55. The molecule has 0 spiro atoms. The second-order valence-corrected chi connectivity index (χ2v) is 6.17. The summed E-state index contributed by atoms with van der Waals surface area (Å²) in [6.07, 6.45) is 2.58. The highest BCUT2D eigenvalue weighted by Crippen LogP contribution is 2.36. The number of alkyl halides is 1. The van der Waals surface area contributed by atoms with Crippen molar-refractivity contribution in [1.82, 2.24) is 0 Å². The van der Waals surface area contributed by atoms with Crippen LogP contribution in [-0.2, 0) is 4.74 Å². The monoisotopic (exact) mass is 362 g/mol. The van der Waals surface area contributed by atoms with Gasteiger partial charge in [-0.2, -0.15) is 0 Å². The van der Waals surface area contributed by atoms with Crippen LogP contribution in [0, 0.1) is 16.0 Å². The summed E-state index contributed by atoms with van der Waals surface area (Å²) in [5.41, 5.74) is 0.374. The predicted molar refractivity (Wildman–Crippen MR) is 91.0 cm³/mol. The lowest BCUT2D eigenvalue weighted by atomic mass is 10.0. The van der Waals surface area contributed by atoms with Gasteiger partial charge in [0.1, 0.15) is 11.4 Å². The Morgan fingerprint density at radius 1 is 1.39 bits per heavy atom. The smallest absolute Gasteiger partial charge is 0.294 e. The number of rotatable bonds is 8. The molecule has 6 nitrogen and oxygen atoms in total. The van der Waals surface area contributed by atoms with Crippen molar-refractivity contribution in [2.75, 3.05) is 37.6 Å². The SMILES string of the molecule is O=[N+]([O-])c1cc(Cl)c(OCCCCl)cc1NCC1CCOCC1. The molecule has 0 aromatic heterocycles. The third-order valence-electron chi connectivity index (χ3n) is 3.70. The van der Waals surface area contributed by atoms with E-state index in [0.717, 1.165) is 26.1 Å². The summed E-state index contributed by atoms with van der Waals surface area (Å²) in [5.74, 6) is 1.36. The quantitative estimate of drug-likeness (QED) is 0.326. The molecule has 0 saturated carbocycles. The van der Waals surface area contributed by atoms with Crippen molar-refractivity contribution in [2.45, 2.75) is 19.3 Å². The highest BCUT2D eigenvalue weighted by atomic mass is 35.5. The van der Waals surface area contributed by atoms with E-state index in [1.54, 1.807) is 6.07 Å². The summed E-state index contributed by atoms with van der Waals surface area (Å²) < 4.78 is 10.9. The Morgan fingerprint density at radius 3 is 2.78 bits per heavy atom. The minimum atomic E-state index is -0.444. The number of anilines is 1. The fourth-order valence-corrected chi connectivity index (χ4v) is 2.71. The maximum Gasteiger partial charge on any atom is 0.294 e. The van der Waals surface area contributed by atoms with Crippen LogP contribution >= 0.6 is 23.2 Å². The van der Waals surface area contributed by atoms with Crippen LogP contribution in [0.25, 0.3) is 0 Å². The van der Waals surface area contributed by atoms with Crippen LogP contribution in [-0.4, -0.2) is 37.2 Å². The third-order valence-corrected chi connectivity index (χ3v) is 4.27. The van der Waals surface area contributed by atoms with Gasteiger partial charge in [-0.3, -0.25) is 10.1 Å². The number of benzene rings is 1. The van der Waals surface area contributed by atoms with E-state index in [1.807, 2.05) is 0 Å². The lowest BCUT2D eigenvalue weighted by molar-refractivity contribution is -0.384. The van der Waals surface area contributed by atoms with Crippen molar-refractivity contribution in [2.24, 2.45) is 5.92 Å². The summed E-state index contributed by atoms with van der Waals surface area (Å²) in [5, 5.41) is 14.6. The van der Waals surface area contributed by atoms with Gasteiger partial charge in [0.2, 0.25) is 0 Å². The van der Waals surface area contributed by atoms with Crippen molar-refractivity contribution in [3.8, 4) is 5.75 Å². The topological polar surface area (TPSA) is 73.6 Å². The molecule has 1 heterocycles. The number of nitrogens with zero attached hydrogens (tertiary/aromatic N) is 1. The largest absolute Gasteiger partial charge is 0.492 e. The molecule has 0 aliphatic carbocycles. The third kappa shape index (κ3) is 5.41. The number of hydrogen-bond acceptors (Lipinski definition) is 5. The van der Waals surface area contributed by atoms with Crippen molar-refractivity contribution in [3.05, 3.63) is 27.3 Å². The average molecular weight is 363 g/mol. The van der Waals surface area contributed by atoms with Crippen LogP contribution in [0.15, 0.2) is 12.1 Å². The maximum atomic E-state index is 11.2. The Balaban J connectivity index is 2.09. The molecule has 1 aliphatic heterocycles. The Labute approximate surface area is 145 Å². The number of hydrogen-bond donors (Lipinski definition) is 1. The number of halogens is 2. The average Bonchev–Trinajstić information content (AvgIpc) is 2.55. The lowest BCUT2D eigenvalue weighted by Crippen LogP contribution is -2.22. The van der Waals surface area contributed by atoms with E-state index in [1.165, 1.54) is 6.07 Å². The van der Waals surface area contributed by atoms with Crippen molar-refractivity contribution >= 4 is 34.6 Å². The molecule has 1 fully saturated rings. The molecule has 1 aromatic rings. The van der Waals surface area contributed by atoms with Gasteiger partial charge in [0.25, 0.3) is 5.69 Å². The minimum absolute atomic E-state index is 0.0493. The molecule has 0 unspecified atom stereocenters. The van der Waals surface area contributed by atoms with E-state index < -0.39 is 4.92 Å². The zero-order chi connectivity index (χ0) is 16.7. The number of nitro benzene ring substituents is 1. The molecule has 23 heavy (non-hydrogen) atoms. The molecule has 0 amide bonds. The molecule has 128 valence electrons. The summed E-state index contributed by atoms with van der Waals surface area (Å²) in [4.78, 5) is 10.8. The van der Waals surface area contributed by atoms with E-state index in [-0.39, 0.29) is 10.7 Å². The van der Waals surface area contributed by atoms with E-state index >= 15 is 0 Å². The van der Waals surface area contributed by atoms with Crippen LogP contribution in [0.3, 0.4) is 0 Å². The van der Waals surface area contributed by atoms with E-state index in [0.29, 0.717) is 42.8 Å². The number of ether oxygens (including phenoxy) is 2. The minimum Gasteiger partial charge on any atom is -0.492 e. The molecule has 0 radical (unpaired) electrons. The Kier molecular flexibility index (Phi) is 7.20. The first-order valence-electron chi connectivity index (χ1n) is 7.60. The van der Waals surface area contributed by atoms with E-state index in [4.69, 9.17) is 32.7 Å². The van der Waals surface area contributed by atoms with Crippen molar-refractivity contribution in [1.29, 1.82) is 0 Å². The standard InChI is InChI=1S/C15H20Cl2N2O4/c16-4-1-5-23-15-9-13(14(19(20)21)8-12(15)17)18-10-11-2-6-22-7-3-11/h8-9,11,18H,1-7,10H2. The van der Waals surface area contributed by atoms with Gasteiger partial charge in [-0.05, 0) is 25.2 Å². The van der Waals surface area contributed by atoms with Gasteiger partial charge in [-0.1, -0.05) is 11.6 Å².